The van der Waals surface area contributed by atoms with Crippen molar-refractivity contribution in [2.75, 3.05) is 9.71 Å². The molecule has 374 valence electrons. The van der Waals surface area contributed by atoms with Crippen LogP contribution in [0.5, 0.6) is 0 Å². The van der Waals surface area contributed by atoms with Gasteiger partial charge in [-0.3, -0.25) is 0 Å². The lowest BCUT2D eigenvalue weighted by atomic mass is 9.43. The molecule has 0 radical (unpaired) electrons. The van der Waals surface area contributed by atoms with E-state index in [4.69, 9.17) is 4.42 Å². The van der Waals surface area contributed by atoms with Gasteiger partial charge in [-0.05, 0) is 145 Å². The van der Waals surface area contributed by atoms with Crippen molar-refractivity contribution in [2.45, 2.75) is 105 Å². The molecule has 0 atom stereocenters. The van der Waals surface area contributed by atoms with Gasteiger partial charge in [-0.1, -0.05) is 168 Å². The van der Waals surface area contributed by atoms with Gasteiger partial charge in [0.1, 0.15) is 11.2 Å². The summed E-state index contributed by atoms with van der Waals surface area (Å²) in [5.74, 6) is 0. The third-order valence-corrected chi connectivity index (χ3v) is 17.9. The van der Waals surface area contributed by atoms with Gasteiger partial charge in [0, 0.05) is 76.0 Å². The van der Waals surface area contributed by atoms with Gasteiger partial charge >= 0.3 is 6.85 Å². The molecule has 2 aliphatic heterocycles. The molecule has 0 aliphatic carbocycles. The highest BCUT2D eigenvalue weighted by Crippen LogP contribution is 2.54. The van der Waals surface area contributed by atoms with Crippen LogP contribution in [0.1, 0.15) is 105 Å². The van der Waals surface area contributed by atoms with Crippen LogP contribution in [0.3, 0.4) is 0 Å². The maximum atomic E-state index is 7.34. The molecule has 5 heterocycles. The monoisotopic (exact) mass is 1010 g/mol. The van der Waals surface area contributed by atoms with E-state index in [9.17, 15) is 0 Å². The van der Waals surface area contributed by atoms with Gasteiger partial charge in [-0.25, -0.2) is 0 Å². The summed E-state index contributed by atoms with van der Waals surface area (Å²) < 4.78 is 12.5. The van der Waals surface area contributed by atoms with Gasteiger partial charge in [-0.15, -0.1) is 11.3 Å². The fraction of sp³-hybridized carbons (Fsp3) is 0.229. The molecule has 0 amide bonds. The number of rotatable bonds is 4. The predicted molar refractivity (Wildman–Crippen MR) is 329 cm³/mol. The lowest BCUT2D eigenvalue weighted by Gasteiger charge is -2.42. The van der Waals surface area contributed by atoms with E-state index in [0.29, 0.717) is 0 Å². The summed E-state index contributed by atoms with van der Waals surface area (Å²) in [5, 5.41) is 7.24. The van der Waals surface area contributed by atoms with E-state index in [2.05, 4.69) is 267 Å². The maximum absolute atomic E-state index is 7.34. The zero-order chi connectivity index (χ0) is 52.5. The highest BCUT2D eigenvalue weighted by atomic mass is 32.1. The van der Waals surface area contributed by atoms with Crippen molar-refractivity contribution in [2.24, 2.45) is 0 Å². The average Bonchev–Trinajstić information content (AvgIpc) is 3.73. The van der Waals surface area contributed by atoms with Crippen molar-refractivity contribution in [1.82, 2.24) is 4.57 Å². The molecule has 6 heteroatoms. The molecule has 76 heavy (non-hydrogen) atoms. The molecular formula is C70H64BN3OS. The number of furan rings is 1. The third kappa shape index (κ3) is 6.95. The van der Waals surface area contributed by atoms with Crippen molar-refractivity contribution >= 4 is 121 Å². The molecule has 12 aromatic rings. The van der Waals surface area contributed by atoms with E-state index in [1.54, 1.807) is 0 Å². The Labute approximate surface area is 451 Å². The first-order valence-electron chi connectivity index (χ1n) is 27.2. The molecule has 2 aliphatic rings. The largest absolute Gasteiger partial charge is 0.455 e. The van der Waals surface area contributed by atoms with E-state index >= 15 is 0 Å². The minimum Gasteiger partial charge on any atom is -0.455 e. The minimum absolute atomic E-state index is 0.00839. The maximum Gasteiger partial charge on any atom is 0.333 e. The quantitative estimate of drug-likeness (QED) is 0.164. The lowest BCUT2D eigenvalue weighted by molar-refractivity contribution is 0.590. The summed E-state index contributed by atoms with van der Waals surface area (Å²) in [7, 11) is 0. The Morgan fingerprint density at radius 3 is 1.66 bits per heavy atom. The van der Waals surface area contributed by atoms with Gasteiger partial charge in [-0.2, -0.15) is 0 Å². The van der Waals surface area contributed by atoms with Crippen molar-refractivity contribution in [3.05, 3.63) is 192 Å². The fourth-order valence-electron chi connectivity index (χ4n) is 12.7. The summed E-state index contributed by atoms with van der Waals surface area (Å²) in [6.07, 6.45) is 0. The molecule has 0 fully saturated rings. The summed E-state index contributed by atoms with van der Waals surface area (Å²) in [4.78, 5) is 5.14. The Morgan fingerprint density at radius 1 is 0.461 bits per heavy atom. The van der Waals surface area contributed by atoms with Crippen LogP contribution in [-0.2, 0) is 21.7 Å². The zero-order valence-electron chi connectivity index (χ0n) is 45.9. The van der Waals surface area contributed by atoms with Crippen molar-refractivity contribution in [1.29, 1.82) is 0 Å². The van der Waals surface area contributed by atoms with E-state index in [1.165, 1.54) is 97.8 Å². The molecule has 0 bridgehead atoms. The molecule has 3 aromatic heterocycles. The van der Waals surface area contributed by atoms with Crippen LogP contribution < -0.4 is 20.6 Å². The standard InChI is InChI=1S/C70H64BN3OS/c1-67(2,3)41-21-28-45(29-22-41)72(46-30-23-42(24-31-46)68(4,5)6)48-34-35-50-56(38-48)73-55-36-27-44(70(10,11)12)37-54(55)71-64-61(62-51-18-13-15-19-58(51)75-66(62)63(50)65(64)73)53-39-52-49-17-14-16-20-59(49)76-60(52)40-57(53)74(71)47-32-25-43(26-33-47)69(7,8)9/h13-40H,1-12H3. The van der Waals surface area contributed by atoms with Gasteiger partial charge in [0.2, 0.25) is 0 Å². The first-order chi connectivity index (χ1) is 36.2. The highest BCUT2D eigenvalue weighted by molar-refractivity contribution is 7.25. The van der Waals surface area contributed by atoms with Crippen LogP contribution >= 0.6 is 11.3 Å². The summed E-state index contributed by atoms with van der Waals surface area (Å²) >= 11 is 1.89. The van der Waals surface area contributed by atoms with Gasteiger partial charge < -0.3 is 18.7 Å². The Morgan fingerprint density at radius 2 is 1.03 bits per heavy atom. The van der Waals surface area contributed by atoms with Crippen LogP contribution in [0.25, 0.3) is 80.7 Å². The average molecular weight is 1010 g/mol. The minimum atomic E-state index is -0.164. The number of anilines is 5. The van der Waals surface area contributed by atoms with Crippen molar-refractivity contribution in [3.8, 4) is 16.8 Å². The van der Waals surface area contributed by atoms with E-state index < -0.39 is 0 Å². The Balaban J connectivity index is 1.14. The Bertz CT molecular complexity index is 4310. The van der Waals surface area contributed by atoms with Crippen LogP contribution in [0, 0.1) is 0 Å². The SMILES string of the molecule is CC(C)(C)c1ccc(N2B3c4cc(C(C)(C)C)ccc4-n4c5cc(N(c6ccc(C(C)(C)C)cc6)c6ccc(C(C)(C)C)cc6)ccc5c5c6oc7ccccc7c6c(c3c54)-c3cc4c(cc32)sc2ccccc24)cc1. The number of para-hydroxylation sites is 1. The molecule has 0 saturated heterocycles. The molecule has 0 saturated carbocycles. The van der Waals surface area contributed by atoms with Crippen LogP contribution in [0.4, 0.5) is 28.4 Å². The number of thiophene rings is 1. The van der Waals surface area contributed by atoms with Crippen LogP contribution in [0.2, 0.25) is 0 Å². The van der Waals surface area contributed by atoms with Crippen LogP contribution in [0.15, 0.2) is 174 Å². The van der Waals surface area contributed by atoms with Gasteiger partial charge in [0.25, 0.3) is 0 Å². The van der Waals surface area contributed by atoms with Gasteiger partial charge in [0.15, 0.2) is 0 Å². The van der Waals surface area contributed by atoms with E-state index in [-0.39, 0.29) is 28.5 Å². The predicted octanol–water partition coefficient (Wildman–Crippen LogP) is 18.9. The number of fused-ring (bicyclic) bond motifs is 16. The second-order valence-electron chi connectivity index (χ2n) is 25.8. The normalized spacial score (nSPS) is 13.7. The van der Waals surface area contributed by atoms with Crippen molar-refractivity contribution in [3.63, 3.8) is 0 Å². The molecule has 0 unspecified atom stereocenters. The van der Waals surface area contributed by atoms with Crippen molar-refractivity contribution < 1.29 is 4.42 Å². The summed E-state index contributed by atoms with van der Waals surface area (Å²) in [5.41, 5.74) is 21.5. The highest BCUT2D eigenvalue weighted by Gasteiger charge is 2.46. The lowest BCUT2D eigenvalue weighted by Crippen LogP contribution is -2.60. The van der Waals surface area contributed by atoms with E-state index in [0.717, 1.165) is 44.5 Å². The van der Waals surface area contributed by atoms with E-state index in [1.807, 2.05) is 11.3 Å². The van der Waals surface area contributed by atoms with Crippen LogP contribution in [-0.4, -0.2) is 11.4 Å². The first kappa shape index (κ1) is 47.0. The number of nitrogens with zero attached hydrogens (tertiary/aromatic N) is 3. The fourth-order valence-corrected chi connectivity index (χ4v) is 13.8. The number of hydrogen-bond donors (Lipinski definition) is 0. The number of benzene rings is 9. The second kappa shape index (κ2) is 16.0. The van der Waals surface area contributed by atoms with Gasteiger partial charge in [0.05, 0.1) is 16.4 Å². The Hall–Kier alpha value is -7.54. The zero-order valence-corrected chi connectivity index (χ0v) is 46.7. The molecule has 4 nitrogen and oxygen atoms in total. The molecular weight excluding hydrogens is 942 g/mol. The number of hydrogen-bond acceptors (Lipinski definition) is 4. The second-order valence-corrected chi connectivity index (χ2v) is 26.9. The third-order valence-electron chi connectivity index (χ3n) is 16.8. The summed E-state index contributed by atoms with van der Waals surface area (Å²) in [6, 6.07) is 65.1. The smallest absolute Gasteiger partial charge is 0.333 e. The molecule has 0 N–H and O–H groups in total. The Kier molecular flexibility index (Phi) is 9.89. The number of aromatic nitrogens is 1. The molecule has 0 spiro atoms. The molecule has 9 aromatic carbocycles. The first-order valence-corrected chi connectivity index (χ1v) is 28.0. The molecule has 14 rings (SSSR count). The summed E-state index contributed by atoms with van der Waals surface area (Å²) in [6.45, 7) is 27.5. The topological polar surface area (TPSA) is 24.6 Å².